The Hall–Kier alpha value is -1.06. The highest BCUT2D eigenvalue weighted by atomic mass is 16.6. The third-order valence-corrected chi connectivity index (χ3v) is 5.04. The summed E-state index contributed by atoms with van der Waals surface area (Å²) >= 11 is 0. The lowest BCUT2D eigenvalue weighted by molar-refractivity contribution is -0.178. The third kappa shape index (κ3) is 2.26. The Morgan fingerprint density at radius 1 is 1.42 bits per heavy atom. The molecule has 4 unspecified atom stereocenters. The fourth-order valence-corrected chi connectivity index (χ4v) is 3.98. The molecule has 5 atom stereocenters. The molecule has 4 nitrogen and oxygen atoms in total. The molecule has 2 heterocycles. The van der Waals surface area contributed by atoms with Crippen molar-refractivity contribution in [3.8, 4) is 0 Å². The molecule has 106 valence electrons. The highest BCUT2D eigenvalue weighted by Gasteiger charge is 2.54. The van der Waals surface area contributed by atoms with Crippen LogP contribution in [0.2, 0.25) is 0 Å². The second-order valence-electron chi connectivity index (χ2n) is 6.62. The van der Waals surface area contributed by atoms with Crippen molar-refractivity contribution in [2.75, 3.05) is 0 Å². The number of hydrogen-bond acceptors (Lipinski definition) is 4. The van der Waals surface area contributed by atoms with E-state index in [0.717, 1.165) is 25.7 Å². The van der Waals surface area contributed by atoms with E-state index in [9.17, 15) is 9.59 Å². The Labute approximate surface area is 113 Å². The van der Waals surface area contributed by atoms with Gasteiger partial charge in [-0.1, -0.05) is 13.8 Å². The van der Waals surface area contributed by atoms with Crippen molar-refractivity contribution in [2.45, 2.75) is 64.1 Å². The Balaban J connectivity index is 1.80. The topological polar surface area (TPSA) is 52.6 Å². The van der Waals surface area contributed by atoms with Crippen molar-refractivity contribution in [3.63, 3.8) is 0 Å². The Kier molecular flexibility index (Phi) is 3.06. The molecule has 2 saturated heterocycles. The number of carbonyl (C=O) groups is 2. The quantitative estimate of drug-likeness (QED) is 0.736. The molecule has 0 aromatic rings. The van der Waals surface area contributed by atoms with Gasteiger partial charge in [0.05, 0.1) is 11.8 Å². The summed E-state index contributed by atoms with van der Waals surface area (Å²) in [6.45, 7) is 3.89. The van der Waals surface area contributed by atoms with Crippen LogP contribution >= 0.6 is 0 Å². The van der Waals surface area contributed by atoms with Crippen molar-refractivity contribution in [3.05, 3.63) is 0 Å². The standard InChI is InChI=1S/C15H22O4/c1-3-9(2)13(16)19-15-6-10-4-11(7-15)14(17)18-12(5-10)8-15/h9-12H,3-8H2,1-2H3/t9-,10?,11?,12?,15?/m1/s1. The number of fused-ring (bicyclic) bond motifs is 1. The summed E-state index contributed by atoms with van der Waals surface area (Å²) in [6, 6.07) is 0. The predicted octanol–water partition coefficient (Wildman–Crippen LogP) is 2.45. The van der Waals surface area contributed by atoms with Crippen molar-refractivity contribution in [1.82, 2.24) is 0 Å². The van der Waals surface area contributed by atoms with E-state index in [2.05, 4.69) is 0 Å². The van der Waals surface area contributed by atoms with Crippen LogP contribution in [-0.2, 0) is 19.1 Å². The minimum Gasteiger partial charge on any atom is -0.462 e. The molecule has 0 aromatic heterocycles. The van der Waals surface area contributed by atoms with E-state index in [4.69, 9.17) is 9.47 Å². The van der Waals surface area contributed by atoms with Crippen LogP contribution in [0.25, 0.3) is 0 Å². The van der Waals surface area contributed by atoms with Gasteiger partial charge in [0.15, 0.2) is 0 Å². The van der Waals surface area contributed by atoms with Gasteiger partial charge in [0.1, 0.15) is 11.7 Å². The SMILES string of the molecule is CC[C@@H](C)C(=O)OC12CC3CC(C1)OC(=O)C(C3)C2. The first-order valence-electron chi connectivity index (χ1n) is 7.44. The molecule has 4 aliphatic rings. The lowest BCUT2D eigenvalue weighted by atomic mass is 9.65. The van der Waals surface area contributed by atoms with E-state index in [1.54, 1.807) is 0 Å². The summed E-state index contributed by atoms with van der Waals surface area (Å²) < 4.78 is 11.4. The van der Waals surface area contributed by atoms with Crippen molar-refractivity contribution in [2.24, 2.45) is 17.8 Å². The molecule has 2 aliphatic heterocycles. The lowest BCUT2D eigenvalue weighted by Crippen LogP contribution is -2.48. The molecule has 4 bridgehead atoms. The van der Waals surface area contributed by atoms with Crippen LogP contribution in [0.5, 0.6) is 0 Å². The normalized spacial score (nSPS) is 41.6. The molecule has 4 rings (SSSR count). The monoisotopic (exact) mass is 266 g/mol. The summed E-state index contributed by atoms with van der Waals surface area (Å²) in [4.78, 5) is 24.0. The Morgan fingerprint density at radius 2 is 2.21 bits per heavy atom. The maximum atomic E-state index is 12.1. The number of esters is 2. The number of rotatable bonds is 3. The van der Waals surface area contributed by atoms with Crippen molar-refractivity contribution < 1.29 is 19.1 Å². The van der Waals surface area contributed by atoms with Crippen LogP contribution in [0.3, 0.4) is 0 Å². The second-order valence-corrected chi connectivity index (χ2v) is 6.62. The number of carbonyl (C=O) groups excluding carboxylic acids is 2. The molecule has 2 aliphatic carbocycles. The zero-order chi connectivity index (χ0) is 13.6. The first-order valence-corrected chi connectivity index (χ1v) is 7.44. The van der Waals surface area contributed by atoms with Crippen molar-refractivity contribution >= 4 is 11.9 Å². The van der Waals surface area contributed by atoms with Gasteiger partial charge in [-0.3, -0.25) is 9.59 Å². The zero-order valence-electron chi connectivity index (χ0n) is 11.7. The molecule has 0 aromatic carbocycles. The van der Waals surface area contributed by atoms with Gasteiger partial charge < -0.3 is 9.47 Å². The van der Waals surface area contributed by atoms with Gasteiger partial charge in [0, 0.05) is 12.8 Å². The van der Waals surface area contributed by atoms with Gasteiger partial charge in [-0.2, -0.15) is 0 Å². The molecule has 0 spiro atoms. The highest BCUT2D eigenvalue weighted by Crippen LogP contribution is 2.51. The van der Waals surface area contributed by atoms with Crippen LogP contribution in [0.15, 0.2) is 0 Å². The predicted molar refractivity (Wildman–Crippen MR) is 68.2 cm³/mol. The summed E-state index contributed by atoms with van der Waals surface area (Å²) in [6.07, 6.45) is 4.90. The van der Waals surface area contributed by atoms with Gasteiger partial charge >= 0.3 is 11.9 Å². The van der Waals surface area contributed by atoms with Crippen LogP contribution in [0, 0.1) is 17.8 Å². The maximum absolute atomic E-state index is 12.1. The van der Waals surface area contributed by atoms with E-state index < -0.39 is 5.60 Å². The molecule has 4 fully saturated rings. The summed E-state index contributed by atoms with van der Waals surface area (Å²) in [7, 11) is 0. The molecule has 0 N–H and O–H groups in total. The third-order valence-electron chi connectivity index (χ3n) is 5.04. The fourth-order valence-electron chi connectivity index (χ4n) is 3.98. The van der Waals surface area contributed by atoms with Crippen molar-refractivity contribution in [1.29, 1.82) is 0 Å². The molecule has 19 heavy (non-hydrogen) atoms. The average molecular weight is 266 g/mol. The molecule has 0 amide bonds. The lowest BCUT2D eigenvalue weighted by Gasteiger charge is -2.45. The Morgan fingerprint density at radius 3 is 2.95 bits per heavy atom. The number of hydrogen-bond donors (Lipinski definition) is 0. The highest BCUT2D eigenvalue weighted by molar-refractivity contribution is 5.75. The number of ether oxygens (including phenoxy) is 2. The molecular formula is C15H22O4. The summed E-state index contributed by atoms with van der Waals surface area (Å²) in [5.41, 5.74) is -0.427. The van der Waals surface area contributed by atoms with Gasteiger partial charge in [-0.05, 0) is 31.6 Å². The molecule has 0 radical (unpaired) electrons. The molecular weight excluding hydrogens is 244 g/mol. The summed E-state index contributed by atoms with van der Waals surface area (Å²) in [5, 5.41) is 0. The van der Waals surface area contributed by atoms with E-state index in [1.807, 2.05) is 13.8 Å². The maximum Gasteiger partial charge on any atom is 0.309 e. The second kappa shape index (κ2) is 4.50. The Bertz CT molecular complexity index is 405. The van der Waals surface area contributed by atoms with Crippen LogP contribution in [0.1, 0.15) is 52.4 Å². The molecule has 4 heteroatoms. The first-order chi connectivity index (χ1) is 9.01. The van der Waals surface area contributed by atoms with Gasteiger partial charge in [-0.25, -0.2) is 0 Å². The summed E-state index contributed by atoms with van der Waals surface area (Å²) in [5.74, 6) is 0.168. The zero-order valence-corrected chi connectivity index (χ0v) is 11.7. The fraction of sp³-hybridized carbons (Fsp3) is 0.867. The average Bonchev–Trinajstić information content (AvgIpc) is 2.50. The van der Waals surface area contributed by atoms with E-state index >= 15 is 0 Å². The van der Waals surface area contributed by atoms with E-state index in [0.29, 0.717) is 18.8 Å². The minimum absolute atomic E-state index is 0.0384. The van der Waals surface area contributed by atoms with Gasteiger partial charge in [-0.15, -0.1) is 0 Å². The van der Waals surface area contributed by atoms with Crippen LogP contribution in [-0.4, -0.2) is 23.6 Å². The van der Waals surface area contributed by atoms with E-state index in [1.165, 1.54) is 0 Å². The van der Waals surface area contributed by atoms with Crippen LogP contribution < -0.4 is 0 Å². The van der Waals surface area contributed by atoms with Crippen LogP contribution in [0.4, 0.5) is 0 Å². The smallest absolute Gasteiger partial charge is 0.309 e. The van der Waals surface area contributed by atoms with Gasteiger partial charge in [0.2, 0.25) is 0 Å². The molecule has 2 saturated carbocycles. The van der Waals surface area contributed by atoms with E-state index in [-0.39, 0.29) is 29.9 Å². The first kappa shape index (κ1) is 12.9. The largest absolute Gasteiger partial charge is 0.462 e. The van der Waals surface area contributed by atoms with Gasteiger partial charge in [0.25, 0.3) is 0 Å². The minimum atomic E-state index is -0.427.